The van der Waals surface area contributed by atoms with Crippen molar-refractivity contribution in [2.75, 3.05) is 5.75 Å². The highest BCUT2D eigenvalue weighted by Gasteiger charge is 2.30. The predicted octanol–water partition coefficient (Wildman–Crippen LogP) is 1.82. The Bertz CT molecular complexity index is 712. The molecule has 0 bridgehead atoms. The van der Waals surface area contributed by atoms with E-state index in [0.717, 1.165) is 29.5 Å². The van der Waals surface area contributed by atoms with Crippen molar-refractivity contribution in [2.24, 2.45) is 5.73 Å². The minimum absolute atomic E-state index is 0.189. The van der Waals surface area contributed by atoms with E-state index in [1.165, 1.54) is 11.8 Å². The van der Waals surface area contributed by atoms with Crippen molar-refractivity contribution in [3.8, 4) is 5.69 Å². The van der Waals surface area contributed by atoms with Crippen LogP contribution < -0.4 is 11.1 Å². The molecule has 1 fully saturated rings. The molecule has 3 N–H and O–H groups in total. The number of urea groups is 1. The van der Waals surface area contributed by atoms with Gasteiger partial charge in [-0.2, -0.15) is 0 Å². The molecule has 1 saturated carbocycles. The lowest BCUT2D eigenvalue weighted by Crippen LogP contribution is -2.35. The summed E-state index contributed by atoms with van der Waals surface area (Å²) in [6.07, 6.45) is 2.46. The number of para-hydroxylation sites is 1. The average molecular weight is 331 g/mol. The van der Waals surface area contributed by atoms with Gasteiger partial charge in [-0.1, -0.05) is 30.0 Å². The van der Waals surface area contributed by atoms with Gasteiger partial charge >= 0.3 is 6.03 Å². The van der Waals surface area contributed by atoms with Crippen molar-refractivity contribution in [1.29, 1.82) is 0 Å². The summed E-state index contributed by atoms with van der Waals surface area (Å²) < 4.78 is 2.05. The molecular weight excluding hydrogens is 314 g/mol. The van der Waals surface area contributed by atoms with Crippen LogP contribution in [0.25, 0.3) is 5.69 Å². The Morgan fingerprint density at radius 1 is 1.26 bits per heavy atom. The zero-order chi connectivity index (χ0) is 16.2. The second-order valence-electron chi connectivity index (χ2n) is 5.30. The monoisotopic (exact) mass is 331 g/mol. The van der Waals surface area contributed by atoms with Gasteiger partial charge in [-0.15, -0.1) is 10.2 Å². The van der Waals surface area contributed by atoms with Crippen molar-refractivity contribution in [3.05, 3.63) is 36.2 Å². The molecule has 1 aromatic carbocycles. The highest BCUT2D eigenvalue weighted by atomic mass is 32.2. The first-order valence-electron chi connectivity index (χ1n) is 7.38. The van der Waals surface area contributed by atoms with Crippen LogP contribution in [-0.4, -0.2) is 32.5 Å². The van der Waals surface area contributed by atoms with Gasteiger partial charge in [-0.25, -0.2) is 4.79 Å². The molecule has 0 aliphatic heterocycles. The standard InChI is InChI=1S/C15H17N5O2S/c16-14(22)17-12(21)8-9-23-15-19-18-13(10-6-7-10)20(15)11-4-2-1-3-5-11/h1-5,10H,6-9H2,(H3,16,17,21,22). The van der Waals surface area contributed by atoms with Crippen molar-refractivity contribution >= 4 is 23.7 Å². The molecule has 1 aliphatic rings. The number of benzene rings is 1. The molecule has 1 aliphatic carbocycles. The molecule has 2 aromatic rings. The second-order valence-corrected chi connectivity index (χ2v) is 6.36. The normalized spacial score (nSPS) is 13.7. The van der Waals surface area contributed by atoms with Crippen LogP contribution in [0, 0.1) is 0 Å². The molecule has 0 radical (unpaired) electrons. The third kappa shape index (κ3) is 3.89. The van der Waals surface area contributed by atoms with Crippen LogP contribution in [0.2, 0.25) is 0 Å². The highest BCUT2D eigenvalue weighted by Crippen LogP contribution is 2.41. The zero-order valence-corrected chi connectivity index (χ0v) is 13.3. The van der Waals surface area contributed by atoms with E-state index in [0.29, 0.717) is 11.7 Å². The van der Waals surface area contributed by atoms with Gasteiger partial charge in [0.15, 0.2) is 5.16 Å². The van der Waals surface area contributed by atoms with Gasteiger partial charge in [0.25, 0.3) is 0 Å². The SMILES string of the molecule is NC(=O)NC(=O)CCSc1nnc(C2CC2)n1-c1ccccc1. The lowest BCUT2D eigenvalue weighted by atomic mass is 10.3. The highest BCUT2D eigenvalue weighted by molar-refractivity contribution is 7.99. The van der Waals surface area contributed by atoms with Crippen molar-refractivity contribution in [3.63, 3.8) is 0 Å². The van der Waals surface area contributed by atoms with Crippen LogP contribution in [0.5, 0.6) is 0 Å². The van der Waals surface area contributed by atoms with E-state index in [-0.39, 0.29) is 6.42 Å². The molecule has 3 rings (SSSR count). The Balaban J connectivity index is 1.72. The van der Waals surface area contributed by atoms with Crippen LogP contribution in [-0.2, 0) is 4.79 Å². The van der Waals surface area contributed by atoms with Gasteiger partial charge < -0.3 is 5.73 Å². The molecule has 7 nitrogen and oxygen atoms in total. The van der Waals surface area contributed by atoms with Crippen LogP contribution in [0.15, 0.2) is 35.5 Å². The number of nitrogens with one attached hydrogen (secondary N) is 1. The number of nitrogens with two attached hydrogens (primary N) is 1. The maximum absolute atomic E-state index is 11.5. The van der Waals surface area contributed by atoms with Gasteiger partial charge in [0.2, 0.25) is 5.91 Å². The Kier molecular flexibility index (Phi) is 4.61. The maximum Gasteiger partial charge on any atom is 0.318 e. The van der Waals surface area contributed by atoms with Gasteiger partial charge in [-0.05, 0) is 25.0 Å². The number of thioether (sulfide) groups is 1. The summed E-state index contributed by atoms with van der Waals surface area (Å²) in [4.78, 5) is 22.1. The van der Waals surface area contributed by atoms with Gasteiger partial charge in [0.05, 0.1) is 0 Å². The molecule has 3 amide bonds. The quantitative estimate of drug-likeness (QED) is 0.786. The topological polar surface area (TPSA) is 103 Å². The minimum Gasteiger partial charge on any atom is -0.351 e. The summed E-state index contributed by atoms with van der Waals surface area (Å²) >= 11 is 1.44. The second kappa shape index (κ2) is 6.82. The fraction of sp³-hybridized carbons (Fsp3) is 0.333. The number of amides is 3. The summed E-state index contributed by atoms with van der Waals surface area (Å²) in [5, 5.41) is 11.4. The number of rotatable bonds is 6. The van der Waals surface area contributed by atoms with E-state index in [1.54, 1.807) is 0 Å². The number of nitrogens with zero attached hydrogens (tertiary/aromatic N) is 3. The first-order chi connectivity index (χ1) is 11.1. The van der Waals surface area contributed by atoms with E-state index >= 15 is 0 Å². The largest absolute Gasteiger partial charge is 0.351 e. The third-order valence-electron chi connectivity index (χ3n) is 3.44. The van der Waals surface area contributed by atoms with Crippen LogP contribution in [0.1, 0.15) is 31.0 Å². The van der Waals surface area contributed by atoms with Crippen molar-refractivity contribution in [1.82, 2.24) is 20.1 Å². The lowest BCUT2D eigenvalue weighted by Gasteiger charge is -2.09. The molecule has 120 valence electrons. The summed E-state index contributed by atoms with van der Waals surface area (Å²) in [6, 6.07) is 9.11. The minimum atomic E-state index is -0.830. The Hall–Kier alpha value is -2.35. The molecule has 8 heteroatoms. The first-order valence-corrected chi connectivity index (χ1v) is 8.36. The van der Waals surface area contributed by atoms with Gasteiger partial charge in [-0.3, -0.25) is 14.7 Å². The fourth-order valence-electron chi connectivity index (χ4n) is 2.24. The Morgan fingerprint density at radius 3 is 2.65 bits per heavy atom. The zero-order valence-electron chi connectivity index (χ0n) is 12.4. The Labute approximate surface area is 137 Å². The van der Waals surface area contributed by atoms with Crippen molar-refractivity contribution in [2.45, 2.75) is 30.3 Å². The van der Waals surface area contributed by atoms with Gasteiger partial charge in [0, 0.05) is 23.8 Å². The van der Waals surface area contributed by atoms with Crippen LogP contribution in [0.4, 0.5) is 4.79 Å². The summed E-state index contributed by atoms with van der Waals surface area (Å²) in [5.41, 5.74) is 5.93. The molecular formula is C15H17N5O2S. The van der Waals surface area contributed by atoms with E-state index < -0.39 is 11.9 Å². The Morgan fingerprint density at radius 2 is 2.00 bits per heavy atom. The number of hydrogen-bond donors (Lipinski definition) is 2. The van der Waals surface area contributed by atoms with E-state index in [4.69, 9.17) is 5.73 Å². The molecule has 1 aromatic heterocycles. The smallest absolute Gasteiger partial charge is 0.318 e. The van der Waals surface area contributed by atoms with Gasteiger partial charge in [0.1, 0.15) is 5.82 Å². The molecule has 1 heterocycles. The predicted molar refractivity (Wildman–Crippen MR) is 86.4 cm³/mol. The van der Waals surface area contributed by atoms with E-state index in [1.807, 2.05) is 34.9 Å². The number of imide groups is 1. The van der Waals surface area contributed by atoms with E-state index in [9.17, 15) is 9.59 Å². The third-order valence-corrected chi connectivity index (χ3v) is 4.37. The van der Waals surface area contributed by atoms with E-state index in [2.05, 4.69) is 15.5 Å². The number of carbonyl (C=O) groups is 2. The summed E-state index contributed by atoms with van der Waals surface area (Å²) in [7, 11) is 0. The summed E-state index contributed by atoms with van der Waals surface area (Å²) in [6.45, 7) is 0. The molecule has 0 saturated heterocycles. The molecule has 0 unspecified atom stereocenters. The van der Waals surface area contributed by atoms with Crippen LogP contribution in [0.3, 0.4) is 0 Å². The fourth-order valence-corrected chi connectivity index (χ4v) is 3.13. The average Bonchev–Trinajstić information content (AvgIpc) is 3.28. The molecule has 23 heavy (non-hydrogen) atoms. The number of carbonyl (C=O) groups excluding carboxylic acids is 2. The van der Waals surface area contributed by atoms with Crippen LogP contribution >= 0.6 is 11.8 Å². The number of hydrogen-bond acceptors (Lipinski definition) is 5. The lowest BCUT2D eigenvalue weighted by molar-refractivity contribution is -0.119. The molecule has 0 spiro atoms. The van der Waals surface area contributed by atoms with Crippen molar-refractivity contribution < 1.29 is 9.59 Å². The number of primary amides is 1. The summed E-state index contributed by atoms with van der Waals surface area (Å²) in [5.74, 6) is 1.54. The molecule has 0 atom stereocenters. The maximum atomic E-state index is 11.5. The first kappa shape index (κ1) is 15.5. The number of aromatic nitrogens is 3.